The summed E-state index contributed by atoms with van der Waals surface area (Å²) < 4.78 is 40.2. The average molecular weight is 484 g/mol. The van der Waals surface area contributed by atoms with Crippen LogP contribution in [0.5, 0.6) is 0 Å². The largest absolute Gasteiger partial charge is 0.342 e. The van der Waals surface area contributed by atoms with Crippen LogP contribution in [-0.2, 0) is 26.0 Å². The first-order valence-electron chi connectivity index (χ1n) is 10.5. The molecule has 0 bridgehead atoms. The Hall–Kier alpha value is -3.86. The molecule has 3 aromatic rings. The Morgan fingerprint density at radius 1 is 1.06 bits per heavy atom. The molecule has 2 amide bonds. The molecule has 1 aliphatic heterocycles. The lowest BCUT2D eigenvalue weighted by Crippen LogP contribution is -2.30. The number of sulfonamides is 1. The summed E-state index contributed by atoms with van der Waals surface area (Å²) in [5.74, 6) is -1.30. The van der Waals surface area contributed by atoms with Gasteiger partial charge in [0.15, 0.2) is 0 Å². The maximum Gasteiger partial charge on any atom is 0.264 e. The van der Waals surface area contributed by atoms with Crippen LogP contribution in [0.1, 0.15) is 12.0 Å². The number of carbonyl (C=O) groups is 2. The molecule has 0 aliphatic carbocycles. The average Bonchev–Trinajstić information content (AvgIpc) is 3.20. The van der Waals surface area contributed by atoms with Crippen molar-refractivity contribution in [1.29, 1.82) is 0 Å². The second-order valence-corrected chi connectivity index (χ2v) is 9.49. The Morgan fingerprint density at radius 2 is 1.74 bits per heavy atom. The Kier molecular flexibility index (Phi) is 6.82. The predicted molar refractivity (Wildman–Crippen MR) is 123 cm³/mol. The molecule has 2 N–H and O–H groups in total. The lowest BCUT2D eigenvalue weighted by atomic mass is 10.1. The van der Waals surface area contributed by atoms with E-state index in [1.807, 2.05) is 0 Å². The van der Waals surface area contributed by atoms with E-state index in [4.69, 9.17) is 0 Å². The summed E-state index contributed by atoms with van der Waals surface area (Å²) in [6.45, 7) is 0.734. The molecule has 1 aromatic heterocycles. The van der Waals surface area contributed by atoms with Crippen molar-refractivity contribution in [3.05, 3.63) is 78.4 Å². The van der Waals surface area contributed by atoms with Crippen LogP contribution in [0.25, 0.3) is 0 Å². The second-order valence-electron chi connectivity index (χ2n) is 7.81. The topological polar surface area (TPSA) is 121 Å². The van der Waals surface area contributed by atoms with Crippen LogP contribution < -0.4 is 10.0 Å². The number of nitrogens with one attached hydrogen (secondary N) is 2. The van der Waals surface area contributed by atoms with Gasteiger partial charge in [-0.1, -0.05) is 12.1 Å². The Bertz CT molecular complexity index is 1270. The van der Waals surface area contributed by atoms with Crippen molar-refractivity contribution >= 4 is 33.5 Å². The molecule has 0 unspecified atom stereocenters. The van der Waals surface area contributed by atoms with Crippen LogP contribution in [0.2, 0.25) is 0 Å². The molecule has 0 spiro atoms. The summed E-state index contributed by atoms with van der Waals surface area (Å²) in [6.07, 6.45) is 3.50. The maximum absolute atomic E-state index is 13.0. The molecule has 4 rings (SSSR count). The lowest BCUT2D eigenvalue weighted by molar-refractivity contribution is -0.128. The number of amides is 2. The smallest absolute Gasteiger partial charge is 0.264 e. The molecule has 0 saturated carbocycles. The van der Waals surface area contributed by atoms with E-state index in [0.717, 1.165) is 5.56 Å². The molecule has 2 heterocycles. The number of likely N-dealkylation sites (tertiary alicyclic amines) is 1. The van der Waals surface area contributed by atoms with Crippen molar-refractivity contribution in [3.63, 3.8) is 0 Å². The lowest BCUT2D eigenvalue weighted by Gasteiger charge is -2.16. The summed E-state index contributed by atoms with van der Waals surface area (Å²) in [6, 6.07) is 13.3. The van der Waals surface area contributed by atoms with Gasteiger partial charge in [0, 0.05) is 37.6 Å². The van der Waals surface area contributed by atoms with Crippen molar-refractivity contribution in [2.75, 3.05) is 23.1 Å². The predicted octanol–water partition coefficient (Wildman–Crippen LogP) is 2.45. The minimum atomic E-state index is -3.88. The normalized spacial score (nSPS) is 15.9. The highest BCUT2D eigenvalue weighted by atomic mass is 32.2. The number of nitrogens with zero attached hydrogens (tertiary/aromatic N) is 3. The first-order valence-corrected chi connectivity index (χ1v) is 12.0. The molecule has 1 fully saturated rings. The monoisotopic (exact) mass is 483 g/mol. The number of hydrogen-bond donors (Lipinski definition) is 2. The quantitative estimate of drug-likeness (QED) is 0.508. The van der Waals surface area contributed by atoms with Gasteiger partial charge in [-0.2, -0.15) is 0 Å². The van der Waals surface area contributed by atoms with Crippen molar-refractivity contribution < 1.29 is 22.4 Å². The standard InChI is InChI=1S/C23H22FN5O4S/c24-18-4-2-16(3-5-18)10-13-29-15-17(14-21(29)30)22(31)27-19-6-8-20(9-7-19)34(32,33)28-23-25-11-1-12-26-23/h1-9,11-12,17H,10,13-15H2,(H,27,31)(H,25,26,28)/t17-/m1/s1. The van der Waals surface area contributed by atoms with Crippen molar-refractivity contribution in [2.45, 2.75) is 17.7 Å². The molecule has 34 heavy (non-hydrogen) atoms. The summed E-state index contributed by atoms with van der Waals surface area (Å²) in [5, 5.41) is 2.73. The number of benzene rings is 2. The molecule has 176 valence electrons. The number of rotatable bonds is 8. The molecule has 11 heteroatoms. The van der Waals surface area contributed by atoms with Crippen LogP contribution in [0.3, 0.4) is 0 Å². The molecule has 1 saturated heterocycles. The van der Waals surface area contributed by atoms with Gasteiger partial charge in [-0.25, -0.2) is 27.5 Å². The van der Waals surface area contributed by atoms with Gasteiger partial charge in [-0.15, -0.1) is 0 Å². The minimum absolute atomic E-state index is 0.0130. The van der Waals surface area contributed by atoms with Crippen LogP contribution in [0.4, 0.5) is 16.0 Å². The van der Waals surface area contributed by atoms with E-state index in [0.29, 0.717) is 25.2 Å². The Labute approximate surface area is 196 Å². The van der Waals surface area contributed by atoms with Gasteiger partial charge < -0.3 is 10.2 Å². The highest BCUT2D eigenvalue weighted by Crippen LogP contribution is 2.22. The molecule has 1 atom stereocenters. The molecular weight excluding hydrogens is 461 g/mol. The van der Waals surface area contributed by atoms with Gasteiger partial charge in [0.2, 0.25) is 17.8 Å². The molecule has 9 nitrogen and oxygen atoms in total. The fraction of sp³-hybridized carbons (Fsp3) is 0.217. The van der Waals surface area contributed by atoms with E-state index in [-0.39, 0.29) is 34.9 Å². The van der Waals surface area contributed by atoms with Gasteiger partial charge >= 0.3 is 0 Å². The van der Waals surface area contributed by atoms with Crippen LogP contribution in [0.15, 0.2) is 71.9 Å². The van der Waals surface area contributed by atoms with Gasteiger partial charge in [-0.05, 0) is 54.4 Å². The van der Waals surface area contributed by atoms with Gasteiger partial charge in [0.25, 0.3) is 10.0 Å². The van der Waals surface area contributed by atoms with Crippen molar-refractivity contribution in [3.8, 4) is 0 Å². The maximum atomic E-state index is 13.0. The van der Waals surface area contributed by atoms with E-state index in [9.17, 15) is 22.4 Å². The van der Waals surface area contributed by atoms with E-state index >= 15 is 0 Å². The van der Waals surface area contributed by atoms with Crippen LogP contribution in [-0.4, -0.2) is 48.2 Å². The molecule has 2 aromatic carbocycles. The van der Waals surface area contributed by atoms with Gasteiger partial charge in [0.05, 0.1) is 10.8 Å². The van der Waals surface area contributed by atoms with Gasteiger partial charge in [0.1, 0.15) is 5.82 Å². The fourth-order valence-corrected chi connectivity index (χ4v) is 4.53. The first-order chi connectivity index (χ1) is 16.3. The number of hydrogen-bond acceptors (Lipinski definition) is 6. The molecular formula is C23H22FN5O4S. The van der Waals surface area contributed by atoms with Crippen LogP contribution in [0, 0.1) is 11.7 Å². The summed E-state index contributed by atoms with van der Waals surface area (Å²) in [5.41, 5.74) is 1.32. The fourth-order valence-electron chi connectivity index (χ4n) is 3.57. The van der Waals surface area contributed by atoms with E-state index < -0.39 is 15.9 Å². The summed E-state index contributed by atoms with van der Waals surface area (Å²) >= 11 is 0. The third-order valence-electron chi connectivity index (χ3n) is 5.39. The van der Waals surface area contributed by atoms with E-state index in [1.54, 1.807) is 23.1 Å². The van der Waals surface area contributed by atoms with Gasteiger partial charge in [-0.3, -0.25) is 9.59 Å². The zero-order valence-corrected chi connectivity index (χ0v) is 18.8. The SMILES string of the molecule is O=C(Nc1ccc(S(=O)(=O)Nc2ncccn2)cc1)[C@@H]1CC(=O)N(CCc2ccc(F)cc2)C1. The highest BCUT2D eigenvalue weighted by Gasteiger charge is 2.34. The van der Waals surface area contributed by atoms with E-state index in [1.165, 1.54) is 48.8 Å². The number of halogens is 1. The first kappa shape index (κ1) is 23.3. The Morgan fingerprint density at radius 3 is 2.41 bits per heavy atom. The van der Waals surface area contributed by atoms with E-state index in [2.05, 4.69) is 20.0 Å². The number of aromatic nitrogens is 2. The Balaban J connectivity index is 1.32. The van der Waals surface area contributed by atoms with Crippen molar-refractivity contribution in [1.82, 2.24) is 14.9 Å². The number of anilines is 2. The van der Waals surface area contributed by atoms with Crippen molar-refractivity contribution in [2.24, 2.45) is 5.92 Å². The third-order valence-corrected chi connectivity index (χ3v) is 6.74. The third kappa shape index (κ3) is 5.73. The minimum Gasteiger partial charge on any atom is -0.342 e. The zero-order valence-electron chi connectivity index (χ0n) is 18.0. The zero-order chi connectivity index (χ0) is 24.1. The summed E-state index contributed by atoms with van der Waals surface area (Å²) in [4.78, 5) is 34.3. The molecule has 0 radical (unpaired) electrons. The molecule has 1 aliphatic rings. The second kappa shape index (κ2) is 9.96. The van der Waals surface area contributed by atoms with Crippen LogP contribution >= 0.6 is 0 Å². The highest BCUT2D eigenvalue weighted by molar-refractivity contribution is 7.92. The summed E-state index contributed by atoms with van der Waals surface area (Å²) in [7, 11) is -3.88. The number of carbonyl (C=O) groups excluding carboxylic acids is 2.